The summed E-state index contributed by atoms with van der Waals surface area (Å²) in [6.45, 7) is 1.81. The molecule has 0 heterocycles. The lowest BCUT2D eigenvalue weighted by Gasteiger charge is -2.27. The number of carbonyl (C=O) groups is 1. The van der Waals surface area contributed by atoms with E-state index in [-0.39, 0.29) is 5.78 Å². The van der Waals surface area contributed by atoms with Gasteiger partial charge in [0.25, 0.3) is 0 Å². The molecule has 0 bridgehead atoms. The molecule has 0 saturated heterocycles. The summed E-state index contributed by atoms with van der Waals surface area (Å²) in [5.74, 6) is 0.0873. The van der Waals surface area contributed by atoms with Crippen molar-refractivity contribution in [3.8, 4) is 0 Å². The molecule has 16 heavy (non-hydrogen) atoms. The molecule has 1 nitrogen and oxygen atoms in total. The maximum atomic E-state index is 12.1. The number of ketones is 1. The lowest BCUT2D eigenvalue weighted by atomic mass is 9.84. The molecule has 84 valence electrons. The van der Waals surface area contributed by atoms with E-state index < -0.39 is 4.87 Å². The minimum atomic E-state index is -0.696. The monoisotopic (exact) mass is 234 g/mol. The number of alkyl halides is 1. The number of rotatable bonds is 1. The molecule has 0 spiro atoms. The smallest absolute Gasteiger partial charge is 0.179 e. The van der Waals surface area contributed by atoms with Crippen molar-refractivity contribution in [2.24, 2.45) is 0 Å². The molecule has 0 radical (unpaired) electrons. The normalized spacial score (nSPS) is 28.4. The van der Waals surface area contributed by atoms with Gasteiger partial charge in [-0.15, -0.1) is 11.6 Å². The highest BCUT2D eigenvalue weighted by molar-refractivity contribution is 6.38. The molecule has 0 N–H and O–H groups in total. The van der Waals surface area contributed by atoms with Crippen LogP contribution in [0, 0.1) is 0 Å². The maximum Gasteiger partial charge on any atom is 0.179 e. The fraction of sp³-hybridized carbons (Fsp3) is 0.357. The van der Waals surface area contributed by atoms with Gasteiger partial charge < -0.3 is 0 Å². The molecular formula is C14H15ClO. The maximum absolute atomic E-state index is 12.1. The number of benzene rings is 1. The van der Waals surface area contributed by atoms with Gasteiger partial charge in [0.15, 0.2) is 5.78 Å². The number of Topliss-reactive ketones (excluding diaryl/α,β-unsaturated/α-hetero) is 1. The molecule has 1 aromatic carbocycles. The van der Waals surface area contributed by atoms with Crippen LogP contribution in [0.15, 0.2) is 35.9 Å². The Bertz CT molecular complexity index is 418. The summed E-state index contributed by atoms with van der Waals surface area (Å²) < 4.78 is 0. The predicted molar refractivity (Wildman–Crippen MR) is 67.5 cm³/mol. The highest BCUT2D eigenvalue weighted by atomic mass is 35.5. The van der Waals surface area contributed by atoms with E-state index in [1.54, 1.807) is 0 Å². The Morgan fingerprint density at radius 3 is 2.69 bits per heavy atom. The van der Waals surface area contributed by atoms with Gasteiger partial charge in [0.2, 0.25) is 0 Å². The lowest BCUT2D eigenvalue weighted by Crippen LogP contribution is -2.33. The molecule has 0 amide bonds. The topological polar surface area (TPSA) is 17.1 Å². The molecule has 1 saturated carbocycles. The van der Waals surface area contributed by atoms with Crippen LogP contribution in [0.25, 0.3) is 6.08 Å². The average Bonchev–Trinajstić information content (AvgIpc) is 2.26. The van der Waals surface area contributed by atoms with Crippen LogP contribution in [0.1, 0.15) is 31.7 Å². The van der Waals surface area contributed by atoms with Crippen molar-refractivity contribution >= 4 is 23.5 Å². The fourth-order valence-corrected chi connectivity index (χ4v) is 2.32. The summed E-state index contributed by atoms with van der Waals surface area (Å²) in [6.07, 6.45) is 4.57. The van der Waals surface area contributed by atoms with Crippen LogP contribution in [0.4, 0.5) is 0 Å². The number of hydrogen-bond acceptors (Lipinski definition) is 1. The molecule has 2 heteroatoms. The Labute approximate surface area is 101 Å². The van der Waals surface area contributed by atoms with E-state index in [4.69, 9.17) is 11.6 Å². The zero-order valence-corrected chi connectivity index (χ0v) is 10.1. The van der Waals surface area contributed by atoms with Crippen LogP contribution in [0.3, 0.4) is 0 Å². The first-order chi connectivity index (χ1) is 7.59. The third kappa shape index (κ3) is 2.35. The Kier molecular flexibility index (Phi) is 3.15. The van der Waals surface area contributed by atoms with Gasteiger partial charge in [-0.05, 0) is 43.4 Å². The van der Waals surface area contributed by atoms with Gasteiger partial charge in [-0.3, -0.25) is 4.79 Å². The average molecular weight is 235 g/mol. The summed E-state index contributed by atoms with van der Waals surface area (Å²) in [7, 11) is 0. The van der Waals surface area contributed by atoms with Crippen molar-refractivity contribution in [1.29, 1.82) is 0 Å². The molecular weight excluding hydrogens is 220 g/mol. The third-order valence-electron chi connectivity index (χ3n) is 3.00. The number of carbonyl (C=O) groups excluding carboxylic acids is 1. The standard InChI is InChI=1S/C14H15ClO/c1-14(15)9-5-8-12(13(14)16)10-11-6-3-2-4-7-11/h2-4,6-7,10H,5,8-9H2,1H3. The van der Waals surface area contributed by atoms with Gasteiger partial charge in [0.05, 0.1) is 0 Å². The number of hydrogen-bond donors (Lipinski definition) is 0. The van der Waals surface area contributed by atoms with E-state index in [2.05, 4.69) is 0 Å². The molecule has 1 aliphatic carbocycles. The zero-order chi connectivity index (χ0) is 11.6. The molecule has 1 aliphatic rings. The summed E-state index contributed by atoms with van der Waals surface area (Å²) >= 11 is 6.19. The van der Waals surface area contributed by atoms with E-state index in [1.165, 1.54) is 0 Å². The van der Waals surface area contributed by atoms with Crippen LogP contribution in [-0.4, -0.2) is 10.7 Å². The molecule has 2 rings (SSSR count). The van der Waals surface area contributed by atoms with Crippen LogP contribution in [0.2, 0.25) is 0 Å². The SMILES string of the molecule is CC1(Cl)CCCC(=Cc2ccccc2)C1=O. The van der Waals surface area contributed by atoms with Gasteiger partial charge in [0.1, 0.15) is 4.87 Å². The van der Waals surface area contributed by atoms with E-state index in [0.717, 1.165) is 30.4 Å². The molecule has 1 atom stereocenters. The molecule has 1 unspecified atom stereocenters. The third-order valence-corrected chi connectivity index (χ3v) is 3.36. The Morgan fingerprint density at radius 1 is 1.31 bits per heavy atom. The summed E-state index contributed by atoms with van der Waals surface area (Å²) in [5.41, 5.74) is 1.93. The number of halogens is 1. The number of allylic oxidation sites excluding steroid dienone is 1. The van der Waals surface area contributed by atoms with Crippen LogP contribution in [0.5, 0.6) is 0 Å². The minimum absolute atomic E-state index is 0.0873. The second-order valence-electron chi connectivity index (χ2n) is 4.46. The highest BCUT2D eigenvalue weighted by Crippen LogP contribution is 2.34. The lowest BCUT2D eigenvalue weighted by molar-refractivity contribution is -0.118. The van der Waals surface area contributed by atoms with Gasteiger partial charge in [-0.2, -0.15) is 0 Å². The fourth-order valence-electron chi connectivity index (χ4n) is 2.06. The van der Waals surface area contributed by atoms with Crippen molar-refractivity contribution in [2.45, 2.75) is 31.1 Å². The first-order valence-electron chi connectivity index (χ1n) is 5.59. The van der Waals surface area contributed by atoms with Crippen molar-refractivity contribution in [1.82, 2.24) is 0 Å². The second kappa shape index (κ2) is 4.42. The quantitative estimate of drug-likeness (QED) is 0.533. The zero-order valence-electron chi connectivity index (χ0n) is 9.37. The first-order valence-corrected chi connectivity index (χ1v) is 5.97. The molecule has 0 aromatic heterocycles. The van der Waals surface area contributed by atoms with Crippen molar-refractivity contribution in [2.75, 3.05) is 0 Å². The Hall–Kier alpha value is -1.08. The van der Waals surface area contributed by atoms with Gasteiger partial charge in [-0.25, -0.2) is 0 Å². The predicted octanol–water partition coefficient (Wildman–Crippen LogP) is 3.82. The second-order valence-corrected chi connectivity index (χ2v) is 5.29. The summed E-state index contributed by atoms with van der Waals surface area (Å²) in [5, 5.41) is 0. The van der Waals surface area contributed by atoms with Gasteiger partial charge in [0, 0.05) is 0 Å². The van der Waals surface area contributed by atoms with Crippen LogP contribution < -0.4 is 0 Å². The van der Waals surface area contributed by atoms with Crippen molar-refractivity contribution in [3.05, 3.63) is 41.5 Å². The van der Waals surface area contributed by atoms with Gasteiger partial charge >= 0.3 is 0 Å². The molecule has 1 aromatic rings. The molecule has 1 fully saturated rings. The van der Waals surface area contributed by atoms with E-state index >= 15 is 0 Å². The Morgan fingerprint density at radius 2 is 2.00 bits per heavy atom. The summed E-state index contributed by atoms with van der Waals surface area (Å²) in [6, 6.07) is 9.91. The first kappa shape index (κ1) is 11.4. The largest absolute Gasteiger partial charge is 0.293 e. The Balaban J connectivity index is 2.28. The van der Waals surface area contributed by atoms with Gasteiger partial charge in [-0.1, -0.05) is 30.3 Å². The van der Waals surface area contributed by atoms with E-state index in [0.29, 0.717) is 0 Å². The van der Waals surface area contributed by atoms with E-state index in [9.17, 15) is 4.79 Å². The minimum Gasteiger partial charge on any atom is -0.293 e. The van der Waals surface area contributed by atoms with Crippen LogP contribution >= 0.6 is 11.6 Å². The van der Waals surface area contributed by atoms with E-state index in [1.807, 2.05) is 43.3 Å². The van der Waals surface area contributed by atoms with Crippen molar-refractivity contribution in [3.63, 3.8) is 0 Å². The molecule has 0 aliphatic heterocycles. The highest BCUT2D eigenvalue weighted by Gasteiger charge is 2.35. The summed E-state index contributed by atoms with van der Waals surface area (Å²) in [4.78, 5) is 11.4. The van der Waals surface area contributed by atoms with Crippen molar-refractivity contribution < 1.29 is 4.79 Å². The van der Waals surface area contributed by atoms with Crippen LogP contribution in [-0.2, 0) is 4.79 Å².